The SMILES string of the molecule is CC(C)CC(C)N(C(=O)CCN1C(=O)NC2(CCCC2)C1=O)c1ccc2[nH]ccc2c1. The molecule has 2 aliphatic rings. The number of fused-ring (bicyclic) bond motifs is 1. The maximum absolute atomic E-state index is 13.4. The minimum Gasteiger partial charge on any atom is -0.361 e. The van der Waals surface area contributed by atoms with E-state index in [1.54, 1.807) is 0 Å². The van der Waals surface area contributed by atoms with Crippen molar-refractivity contribution in [2.45, 2.75) is 70.9 Å². The number of nitrogens with zero attached hydrogens (tertiary/aromatic N) is 2. The quantitative estimate of drug-likeness (QED) is 0.654. The number of hydrogen-bond acceptors (Lipinski definition) is 3. The summed E-state index contributed by atoms with van der Waals surface area (Å²) < 4.78 is 0. The molecule has 2 heterocycles. The van der Waals surface area contributed by atoms with Crippen molar-refractivity contribution in [1.29, 1.82) is 0 Å². The second-order valence-electron chi connectivity index (χ2n) is 9.42. The van der Waals surface area contributed by atoms with Crippen molar-refractivity contribution in [1.82, 2.24) is 15.2 Å². The lowest BCUT2D eigenvalue weighted by atomic mass is 9.98. The molecule has 4 rings (SSSR count). The van der Waals surface area contributed by atoms with Crippen LogP contribution in [-0.2, 0) is 9.59 Å². The largest absolute Gasteiger partial charge is 0.361 e. The number of hydrogen-bond donors (Lipinski definition) is 2. The number of rotatable bonds is 7. The van der Waals surface area contributed by atoms with Crippen LogP contribution in [0.1, 0.15) is 59.3 Å². The molecule has 1 aromatic heterocycles. The van der Waals surface area contributed by atoms with Crippen molar-refractivity contribution in [3.63, 3.8) is 0 Å². The predicted octanol–water partition coefficient (Wildman–Crippen LogP) is 4.19. The summed E-state index contributed by atoms with van der Waals surface area (Å²) in [5.41, 5.74) is 1.13. The molecule has 31 heavy (non-hydrogen) atoms. The number of carbonyl (C=O) groups is 3. The monoisotopic (exact) mass is 424 g/mol. The van der Waals surface area contributed by atoms with Crippen molar-refractivity contribution >= 4 is 34.4 Å². The zero-order chi connectivity index (χ0) is 22.2. The van der Waals surface area contributed by atoms with E-state index in [0.717, 1.165) is 35.9 Å². The Kier molecular flexibility index (Phi) is 5.77. The molecule has 0 bridgehead atoms. The van der Waals surface area contributed by atoms with Crippen LogP contribution in [0.5, 0.6) is 0 Å². The van der Waals surface area contributed by atoms with Gasteiger partial charge < -0.3 is 15.2 Å². The van der Waals surface area contributed by atoms with Crippen molar-refractivity contribution in [3.8, 4) is 0 Å². The molecule has 1 unspecified atom stereocenters. The lowest BCUT2D eigenvalue weighted by Crippen LogP contribution is -2.44. The average molecular weight is 425 g/mol. The summed E-state index contributed by atoms with van der Waals surface area (Å²) >= 11 is 0. The standard InChI is InChI=1S/C24H32N4O3/c1-16(2)14-17(3)28(19-6-7-20-18(15-19)8-12-25-20)21(29)9-13-27-22(30)24(26-23(27)31)10-4-5-11-24/h6-8,12,15-17,25H,4-5,9-11,13-14H2,1-3H3,(H,26,31). The number of nitrogens with one attached hydrogen (secondary N) is 2. The average Bonchev–Trinajstić information content (AvgIpc) is 3.41. The van der Waals surface area contributed by atoms with E-state index in [2.05, 4.69) is 31.1 Å². The molecule has 0 radical (unpaired) electrons. The highest BCUT2D eigenvalue weighted by molar-refractivity contribution is 6.07. The van der Waals surface area contributed by atoms with Gasteiger partial charge in [0.05, 0.1) is 0 Å². The number of amides is 4. The molecule has 1 atom stereocenters. The van der Waals surface area contributed by atoms with Crippen LogP contribution in [0, 0.1) is 5.92 Å². The molecule has 2 N–H and O–H groups in total. The molecule has 2 fully saturated rings. The van der Waals surface area contributed by atoms with Crippen LogP contribution in [0.3, 0.4) is 0 Å². The van der Waals surface area contributed by atoms with Gasteiger partial charge in [0.1, 0.15) is 5.54 Å². The predicted molar refractivity (Wildman–Crippen MR) is 121 cm³/mol. The fourth-order valence-electron chi connectivity index (χ4n) is 5.15. The van der Waals surface area contributed by atoms with Crippen molar-refractivity contribution in [3.05, 3.63) is 30.5 Å². The molecule has 1 saturated carbocycles. The molecule has 7 heteroatoms. The van der Waals surface area contributed by atoms with Gasteiger partial charge in [0.25, 0.3) is 5.91 Å². The zero-order valence-corrected chi connectivity index (χ0v) is 18.6. The van der Waals surface area contributed by atoms with Gasteiger partial charge in [-0.25, -0.2) is 4.79 Å². The summed E-state index contributed by atoms with van der Waals surface area (Å²) in [7, 11) is 0. The summed E-state index contributed by atoms with van der Waals surface area (Å²) in [6.45, 7) is 6.45. The molecule has 1 saturated heterocycles. The van der Waals surface area contributed by atoms with Gasteiger partial charge in [-0.2, -0.15) is 0 Å². The number of carbonyl (C=O) groups excluding carboxylic acids is 3. The number of benzene rings is 1. The van der Waals surface area contributed by atoms with E-state index in [1.165, 1.54) is 4.90 Å². The van der Waals surface area contributed by atoms with Gasteiger partial charge in [0.15, 0.2) is 0 Å². The third kappa shape index (κ3) is 4.05. The first-order valence-electron chi connectivity index (χ1n) is 11.3. The van der Waals surface area contributed by atoms with E-state index in [1.807, 2.05) is 35.4 Å². The Morgan fingerprint density at radius 2 is 1.90 bits per heavy atom. The van der Waals surface area contributed by atoms with Crippen LogP contribution in [-0.4, -0.2) is 45.9 Å². The molecule has 1 aliphatic carbocycles. The Morgan fingerprint density at radius 1 is 1.16 bits per heavy atom. The summed E-state index contributed by atoms with van der Waals surface area (Å²) in [6, 6.07) is 7.58. The summed E-state index contributed by atoms with van der Waals surface area (Å²) in [5.74, 6) is 0.198. The summed E-state index contributed by atoms with van der Waals surface area (Å²) in [6.07, 6.45) is 6.13. The van der Waals surface area contributed by atoms with Crippen molar-refractivity contribution in [2.75, 3.05) is 11.4 Å². The Balaban J connectivity index is 1.52. The van der Waals surface area contributed by atoms with Gasteiger partial charge in [0.2, 0.25) is 5.91 Å². The van der Waals surface area contributed by atoms with Crippen molar-refractivity contribution in [2.24, 2.45) is 5.92 Å². The molecular formula is C24H32N4O3. The second kappa shape index (κ2) is 8.36. The van der Waals surface area contributed by atoms with Gasteiger partial charge in [0, 0.05) is 41.8 Å². The van der Waals surface area contributed by atoms with Gasteiger partial charge in [-0.1, -0.05) is 26.7 Å². The summed E-state index contributed by atoms with van der Waals surface area (Å²) in [4.78, 5) is 45.0. The first kappa shape index (κ1) is 21.4. The number of imide groups is 1. The van der Waals surface area contributed by atoms with E-state index in [-0.39, 0.29) is 36.9 Å². The smallest absolute Gasteiger partial charge is 0.325 e. The van der Waals surface area contributed by atoms with E-state index >= 15 is 0 Å². The highest BCUT2D eigenvalue weighted by atomic mass is 16.2. The number of aromatic nitrogens is 1. The fraction of sp³-hybridized carbons (Fsp3) is 0.542. The maximum atomic E-state index is 13.4. The highest BCUT2D eigenvalue weighted by Crippen LogP contribution is 2.35. The third-order valence-electron chi connectivity index (χ3n) is 6.59. The highest BCUT2D eigenvalue weighted by Gasteiger charge is 2.52. The van der Waals surface area contributed by atoms with Crippen LogP contribution >= 0.6 is 0 Å². The normalized spacial score (nSPS) is 18.9. The Labute approximate surface area is 183 Å². The lowest BCUT2D eigenvalue weighted by Gasteiger charge is -2.31. The molecule has 7 nitrogen and oxygen atoms in total. The third-order valence-corrected chi connectivity index (χ3v) is 6.59. The van der Waals surface area contributed by atoms with Gasteiger partial charge >= 0.3 is 6.03 Å². The Hall–Kier alpha value is -2.83. The lowest BCUT2D eigenvalue weighted by molar-refractivity contribution is -0.131. The molecule has 1 aromatic carbocycles. The Morgan fingerprint density at radius 3 is 2.61 bits per heavy atom. The van der Waals surface area contributed by atoms with Crippen LogP contribution in [0.25, 0.3) is 10.9 Å². The van der Waals surface area contributed by atoms with Crippen LogP contribution in [0.4, 0.5) is 10.5 Å². The number of H-pyrrole nitrogens is 1. The first-order valence-corrected chi connectivity index (χ1v) is 11.3. The maximum Gasteiger partial charge on any atom is 0.325 e. The number of aromatic amines is 1. The zero-order valence-electron chi connectivity index (χ0n) is 18.6. The van der Waals surface area contributed by atoms with Crippen LogP contribution < -0.4 is 10.2 Å². The Bertz CT molecular complexity index is 990. The van der Waals surface area contributed by atoms with E-state index in [9.17, 15) is 14.4 Å². The molecule has 1 spiro atoms. The van der Waals surface area contributed by atoms with Crippen LogP contribution in [0.2, 0.25) is 0 Å². The minimum atomic E-state index is -0.732. The molecule has 2 aromatic rings. The van der Waals surface area contributed by atoms with Crippen LogP contribution in [0.15, 0.2) is 30.5 Å². The number of urea groups is 1. The molecular weight excluding hydrogens is 392 g/mol. The minimum absolute atomic E-state index is 0.00757. The van der Waals surface area contributed by atoms with Crippen molar-refractivity contribution < 1.29 is 14.4 Å². The second-order valence-corrected chi connectivity index (χ2v) is 9.42. The fourth-order valence-corrected chi connectivity index (χ4v) is 5.15. The topological polar surface area (TPSA) is 85.5 Å². The van der Waals surface area contributed by atoms with Gasteiger partial charge in [-0.15, -0.1) is 0 Å². The number of anilines is 1. The van der Waals surface area contributed by atoms with E-state index in [0.29, 0.717) is 18.8 Å². The molecule has 1 aliphatic heterocycles. The van der Waals surface area contributed by atoms with Gasteiger partial charge in [-0.05, 0) is 56.4 Å². The van der Waals surface area contributed by atoms with E-state index in [4.69, 9.17) is 0 Å². The molecule has 166 valence electrons. The first-order chi connectivity index (χ1) is 14.8. The molecule has 4 amide bonds. The van der Waals surface area contributed by atoms with E-state index < -0.39 is 5.54 Å². The van der Waals surface area contributed by atoms with Gasteiger partial charge in [-0.3, -0.25) is 14.5 Å². The summed E-state index contributed by atoms with van der Waals surface area (Å²) in [5, 5.41) is 3.93.